The van der Waals surface area contributed by atoms with E-state index in [1.807, 2.05) is 0 Å². The van der Waals surface area contributed by atoms with Gasteiger partial charge in [-0.3, -0.25) is 9.59 Å². The highest BCUT2D eigenvalue weighted by Gasteiger charge is 2.40. The number of amides is 2. The van der Waals surface area contributed by atoms with Gasteiger partial charge in [0.05, 0.1) is 17.9 Å². The summed E-state index contributed by atoms with van der Waals surface area (Å²) in [4.78, 5) is 26.2. The molecule has 3 rings (SSSR count). The van der Waals surface area contributed by atoms with Crippen molar-refractivity contribution in [3.63, 3.8) is 0 Å². The van der Waals surface area contributed by atoms with E-state index in [0.29, 0.717) is 12.4 Å². The second-order valence-electron chi connectivity index (χ2n) is 5.74. The monoisotopic (exact) mass is 410 g/mol. The van der Waals surface area contributed by atoms with E-state index in [1.165, 1.54) is 18.2 Å². The summed E-state index contributed by atoms with van der Waals surface area (Å²) in [5.74, 6) is -1.29. The summed E-state index contributed by atoms with van der Waals surface area (Å²) in [5, 5.41) is 2.11. The number of anilines is 2. The predicted octanol–water partition coefficient (Wildman–Crippen LogP) is 4.54. The molecule has 2 amide bonds. The smallest absolute Gasteiger partial charge is 0.416 e. The quantitative estimate of drug-likeness (QED) is 0.735. The second kappa shape index (κ2) is 7.55. The van der Waals surface area contributed by atoms with Gasteiger partial charge in [0.25, 0.3) is 11.8 Å². The molecule has 0 saturated heterocycles. The number of hydrogen-bond acceptors (Lipinski definition) is 4. The molecule has 146 valence electrons. The number of halogens is 4. The van der Waals surface area contributed by atoms with Gasteiger partial charge in [-0.15, -0.1) is 0 Å². The van der Waals surface area contributed by atoms with Crippen LogP contribution < -0.4 is 15.0 Å². The van der Waals surface area contributed by atoms with Gasteiger partial charge in [-0.25, -0.2) is 4.90 Å². The van der Waals surface area contributed by atoms with Crippen LogP contribution in [0.2, 0.25) is 0 Å². The van der Waals surface area contributed by atoms with Crippen LogP contribution in [-0.4, -0.2) is 18.4 Å². The van der Waals surface area contributed by atoms with E-state index >= 15 is 0 Å². The molecule has 0 saturated carbocycles. The zero-order valence-corrected chi connectivity index (χ0v) is 15.3. The topological polar surface area (TPSA) is 58.6 Å². The molecule has 0 aromatic heterocycles. The normalized spacial score (nSPS) is 14.7. The highest BCUT2D eigenvalue weighted by Crippen LogP contribution is 2.36. The number of para-hydroxylation sites is 2. The summed E-state index contributed by atoms with van der Waals surface area (Å²) >= 11 is 6.02. The Kier molecular flexibility index (Phi) is 5.33. The van der Waals surface area contributed by atoms with Crippen LogP contribution in [0.15, 0.2) is 59.3 Å². The number of hydrogen-bond donors (Lipinski definition) is 1. The average Bonchev–Trinajstić information content (AvgIpc) is 2.86. The van der Waals surface area contributed by atoms with Crippen molar-refractivity contribution in [3.8, 4) is 5.75 Å². The van der Waals surface area contributed by atoms with Crippen molar-refractivity contribution >= 4 is 34.8 Å². The molecule has 5 nitrogen and oxygen atoms in total. The van der Waals surface area contributed by atoms with Crippen LogP contribution in [0, 0.1) is 0 Å². The SMILES string of the molecule is CCOc1ccccc1N1C(=O)C(Cl)=C(Nc2cccc(C(F)(F)F)c2)C1=O. The largest absolute Gasteiger partial charge is 0.492 e. The van der Waals surface area contributed by atoms with E-state index in [4.69, 9.17) is 16.3 Å². The van der Waals surface area contributed by atoms with Crippen molar-refractivity contribution < 1.29 is 27.5 Å². The third-order valence-electron chi connectivity index (χ3n) is 3.89. The van der Waals surface area contributed by atoms with Crippen LogP contribution in [0.25, 0.3) is 0 Å². The van der Waals surface area contributed by atoms with Crippen LogP contribution in [0.4, 0.5) is 24.5 Å². The lowest BCUT2D eigenvalue weighted by atomic mass is 10.2. The summed E-state index contributed by atoms with van der Waals surface area (Å²) < 4.78 is 44.1. The predicted molar refractivity (Wildman–Crippen MR) is 98.0 cm³/mol. The first-order valence-corrected chi connectivity index (χ1v) is 8.56. The lowest BCUT2D eigenvalue weighted by molar-refractivity contribution is -0.137. The van der Waals surface area contributed by atoms with E-state index in [-0.39, 0.29) is 17.1 Å². The highest BCUT2D eigenvalue weighted by molar-refractivity contribution is 6.53. The molecule has 1 N–H and O–H groups in total. The van der Waals surface area contributed by atoms with Crippen molar-refractivity contribution in [2.24, 2.45) is 0 Å². The van der Waals surface area contributed by atoms with E-state index in [2.05, 4.69) is 5.32 Å². The molecule has 2 aromatic rings. The van der Waals surface area contributed by atoms with Crippen molar-refractivity contribution in [2.75, 3.05) is 16.8 Å². The first kappa shape index (κ1) is 19.8. The molecule has 0 bridgehead atoms. The number of benzene rings is 2. The number of carbonyl (C=O) groups excluding carboxylic acids is 2. The third kappa shape index (κ3) is 3.68. The van der Waals surface area contributed by atoms with Crippen molar-refractivity contribution in [1.82, 2.24) is 0 Å². The van der Waals surface area contributed by atoms with Gasteiger partial charge in [-0.1, -0.05) is 29.8 Å². The van der Waals surface area contributed by atoms with Crippen LogP contribution in [-0.2, 0) is 15.8 Å². The molecule has 0 spiro atoms. The Labute approximate surface area is 163 Å². The number of imide groups is 1. The van der Waals surface area contributed by atoms with Gasteiger partial charge < -0.3 is 10.1 Å². The fraction of sp³-hybridized carbons (Fsp3) is 0.158. The van der Waals surface area contributed by atoms with Crippen molar-refractivity contribution in [2.45, 2.75) is 13.1 Å². The average molecular weight is 411 g/mol. The molecule has 2 aromatic carbocycles. The van der Waals surface area contributed by atoms with Gasteiger partial charge in [-0.05, 0) is 37.3 Å². The van der Waals surface area contributed by atoms with Crippen LogP contribution >= 0.6 is 11.6 Å². The highest BCUT2D eigenvalue weighted by atomic mass is 35.5. The molecule has 0 unspecified atom stereocenters. The minimum atomic E-state index is -4.55. The van der Waals surface area contributed by atoms with Crippen molar-refractivity contribution in [1.29, 1.82) is 0 Å². The number of nitrogens with one attached hydrogen (secondary N) is 1. The Morgan fingerprint density at radius 3 is 2.46 bits per heavy atom. The van der Waals surface area contributed by atoms with Crippen LogP contribution in [0.5, 0.6) is 5.75 Å². The summed E-state index contributed by atoms with van der Waals surface area (Å²) in [6.45, 7) is 2.06. The molecule has 9 heteroatoms. The molecular formula is C19H14ClF3N2O3. The molecule has 1 heterocycles. The Hall–Kier alpha value is -3.00. The zero-order valence-electron chi connectivity index (χ0n) is 14.5. The maximum Gasteiger partial charge on any atom is 0.416 e. The third-order valence-corrected chi connectivity index (χ3v) is 4.24. The summed E-state index contributed by atoms with van der Waals surface area (Å²) in [6, 6.07) is 10.6. The van der Waals surface area contributed by atoms with Gasteiger partial charge in [-0.2, -0.15) is 13.2 Å². The van der Waals surface area contributed by atoms with E-state index in [1.54, 1.807) is 25.1 Å². The van der Waals surface area contributed by atoms with Crippen LogP contribution in [0.3, 0.4) is 0 Å². The number of ether oxygens (including phenoxy) is 1. The second-order valence-corrected chi connectivity index (χ2v) is 6.12. The van der Waals surface area contributed by atoms with Gasteiger partial charge in [0.1, 0.15) is 16.5 Å². The lowest BCUT2D eigenvalue weighted by Gasteiger charge is -2.18. The zero-order chi connectivity index (χ0) is 20.5. The summed E-state index contributed by atoms with van der Waals surface area (Å²) in [7, 11) is 0. The first-order valence-electron chi connectivity index (χ1n) is 8.18. The summed E-state index contributed by atoms with van der Waals surface area (Å²) in [5.41, 5.74) is -1.04. The van der Waals surface area contributed by atoms with E-state index in [9.17, 15) is 22.8 Å². The Bertz CT molecular complexity index is 973. The standard InChI is InChI=1S/C19H14ClF3N2O3/c1-2-28-14-9-4-3-8-13(14)25-17(26)15(20)16(18(25)27)24-12-7-5-6-11(10-12)19(21,22)23/h3-10,24H,2H2,1H3. The van der Waals surface area contributed by atoms with E-state index in [0.717, 1.165) is 17.0 Å². The van der Waals surface area contributed by atoms with Crippen molar-refractivity contribution in [3.05, 3.63) is 64.8 Å². The Morgan fingerprint density at radius 2 is 1.79 bits per heavy atom. The number of alkyl halides is 3. The molecule has 0 atom stereocenters. The summed E-state index contributed by atoms with van der Waals surface area (Å²) in [6.07, 6.45) is -4.55. The molecule has 0 fully saturated rings. The number of rotatable bonds is 5. The maximum absolute atomic E-state index is 12.9. The fourth-order valence-corrected chi connectivity index (χ4v) is 2.88. The molecule has 1 aliphatic heterocycles. The van der Waals surface area contributed by atoms with Gasteiger partial charge in [0.15, 0.2) is 0 Å². The molecule has 1 aliphatic rings. The Morgan fingerprint density at radius 1 is 1.07 bits per heavy atom. The van der Waals surface area contributed by atoms with Crippen LogP contribution in [0.1, 0.15) is 12.5 Å². The van der Waals surface area contributed by atoms with Gasteiger partial charge in [0, 0.05) is 5.69 Å². The molecule has 28 heavy (non-hydrogen) atoms. The molecule has 0 aliphatic carbocycles. The lowest BCUT2D eigenvalue weighted by Crippen LogP contribution is -2.32. The minimum absolute atomic E-state index is 0.0240. The molecular weight excluding hydrogens is 397 g/mol. The maximum atomic E-state index is 12.9. The number of carbonyl (C=O) groups is 2. The van der Waals surface area contributed by atoms with Gasteiger partial charge >= 0.3 is 6.18 Å². The van der Waals surface area contributed by atoms with Gasteiger partial charge in [0.2, 0.25) is 0 Å². The molecule has 0 radical (unpaired) electrons. The minimum Gasteiger partial charge on any atom is -0.492 e. The van der Waals surface area contributed by atoms with E-state index < -0.39 is 28.6 Å². The first-order chi connectivity index (χ1) is 13.2. The number of nitrogens with zero attached hydrogens (tertiary/aromatic N) is 1. The Balaban J connectivity index is 1.93. The fourth-order valence-electron chi connectivity index (χ4n) is 2.67.